The number of morpholine rings is 1. The third-order valence-electron chi connectivity index (χ3n) is 3.45. The zero-order valence-corrected chi connectivity index (χ0v) is 11.9. The highest BCUT2D eigenvalue weighted by Crippen LogP contribution is 2.21. The van der Waals surface area contributed by atoms with E-state index in [4.69, 9.17) is 27.3 Å². The Morgan fingerprint density at radius 1 is 1.65 bits per heavy atom. The Kier molecular flexibility index (Phi) is 4.61. The third kappa shape index (κ3) is 3.10. The summed E-state index contributed by atoms with van der Waals surface area (Å²) in [6, 6.07) is 6.81. The van der Waals surface area contributed by atoms with Gasteiger partial charge in [-0.15, -0.1) is 0 Å². The summed E-state index contributed by atoms with van der Waals surface area (Å²) in [6.45, 7) is 3.45. The Balaban J connectivity index is 2.24. The number of nitriles is 1. The van der Waals surface area contributed by atoms with Crippen molar-refractivity contribution in [3.05, 3.63) is 34.3 Å². The van der Waals surface area contributed by atoms with Gasteiger partial charge in [-0.3, -0.25) is 9.69 Å². The third-order valence-corrected chi connectivity index (χ3v) is 3.69. The van der Waals surface area contributed by atoms with Crippen molar-refractivity contribution in [2.45, 2.75) is 25.6 Å². The summed E-state index contributed by atoms with van der Waals surface area (Å²) in [4.78, 5) is 13.5. The smallest absolute Gasteiger partial charge is 0.237 e. The maximum absolute atomic E-state index is 11.6. The molecular weight excluding hydrogens is 278 g/mol. The van der Waals surface area contributed by atoms with Crippen LogP contribution in [0.1, 0.15) is 18.1 Å². The summed E-state index contributed by atoms with van der Waals surface area (Å²) in [5, 5.41) is 9.68. The predicted octanol–water partition coefficient (Wildman–Crippen LogP) is 1.29. The molecule has 1 heterocycles. The number of hydrogen-bond acceptors (Lipinski definition) is 4. The van der Waals surface area contributed by atoms with E-state index in [1.807, 2.05) is 11.8 Å². The molecule has 2 N–H and O–H groups in total. The van der Waals surface area contributed by atoms with Crippen molar-refractivity contribution < 1.29 is 9.53 Å². The highest BCUT2D eigenvalue weighted by Gasteiger charge is 2.33. The topological polar surface area (TPSA) is 79.3 Å². The number of carbonyl (C=O) groups is 1. The minimum atomic E-state index is -0.481. The molecule has 6 heteroatoms. The summed E-state index contributed by atoms with van der Waals surface area (Å²) in [7, 11) is 0. The lowest BCUT2D eigenvalue weighted by Crippen LogP contribution is -2.56. The molecule has 1 aromatic rings. The van der Waals surface area contributed by atoms with Gasteiger partial charge in [0, 0.05) is 18.1 Å². The maximum atomic E-state index is 11.6. The predicted molar refractivity (Wildman–Crippen MR) is 75.0 cm³/mol. The molecule has 0 bridgehead atoms. The number of amides is 1. The zero-order chi connectivity index (χ0) is 14.7. The number of primary amides is 1. The summed E-state index contributed by atoms with van der Waals surface area (Å²) >= 11 is 5.88. The zero-order valence-electron chi connectivity index (χ0n) is 11.2. The van der Waals surface area contributed by atoms with Gasteiger partial charge in [0.15, 0.2) is 0 Å². The van der Waals surface area contributed by atoms with Gasteiger partial charge in [-0.1, -0.05) is 17.7 Å². The molecule has 106 valence electrons. The van der Waals surface area contributed by atoms with E-state index in [1.165, 1.54) is 0 Å². The van der Waals surface area contributed by atoms with Crippen molar-refractivity contribution in [2.75, 3.05) is 13.2 Å². The van der Waals surface area contributed by atoms with Gasteiger partial charge in [0.05, 0.1) is 24.3 Å². The molecule has 1 fully saturated rings. The van der Waals surface area contributed by atoms with E-state index < -0.39 is 11.9 Å². The minimum absolute atomic E-state index is 0.251. The average molecular weight is 294 g/mol. The van der Waals surface area contributed by atoms with Crippen LogP contribution in [0.2, 0.25) is 5.02 Å². The first-order valence-corrected chi connectivity index (χ1v) is 6.74. The van der Waals surface area contributed by atoms with Gasteiger partial charge < -0.3 is 10.5 Å². The maximum Gasteiger partial charge on any atom is 0.237 e. The normalized spacial score (nSPS) is 23.2. The highest BCUT2D eigenvalue weighted by molar-refractivity contribution is 6.30. The second-order valence-corrected chi connectivity index (χ2v) is 5.24. The summed E-state index contributed by atoms with van der Waals surface area (Å²) < 4.78 is 5.47. The van der Waals surface area contributed by atoms with Gasteiger partial charge in [-0.25, -0.2) is 0 Å². The summed E-state index contributed by atoms with van der Waals surface area (Å²) in [6.07, 6.45) is -0.251. The largest absolute Gasteiger partial charge is 0.375 e. The Hall–Kier alpha value is -1.61. The fourth-order valence-electron chi connectivity index (χ4n) is 2.48. The van der Waals surface area contributed by atoms with Gasteiger partial charge in [-0.05, 0) is 24.6 Å². The van der Waals surface area contributed by atoms with Crippen molar-refractivity contribution in [1.29, 1.82) is 5.26 Å². The van der Waals surface area contributed by atoms with E-state index in [0.717, 1.165) is 5.56 Å². The number of ether oxygens (including phenoxy) is 1. The first-order valence-electron chi connectivity index (χ1n) is 6.36. The number of rotatable bonds is 3. The van der Waals surface area contributed by atoms with Crippen LogP contribution in [0.5, 0.6) is 0 Å². The Morgan fingerprint density at radius 3 is 3.05 bits per heavy atom. The highest BCUT2D eigenvalue weighted by atomic mass is 35.5. The fraction of sp³-hybridized carbons (Fsp3) is 0.429. The van der Waals surface area contributed by atoms with Crippen molar-refractivity contribution in [1.82, 2.24) is 4.90 Å². The van der Waals surface area contributed by atoms with Gasteiger partial charge in [-0.2, -0.15) is 5.26 Å². The van der Waals surface area contributed by atoms with Crippen molar-refractivity contribution >= 4 is 17.5 Å². The summed E-state index contributed by atoms with van der Waals surface area (Å²) in [5.41, 5.74) is 6.79. The number of hydrogen-bond donors (Lipinski definition) is 1. The molecule has 20 heavy (non-hydrogen) atoms. The molecule has 0 unspecified atom stereocenters. The molecule has 2 rings (SSSR count). The molecule has 1 saturated heterocycles. The van der Waals surface area contributed by atoms with Gasteiger partial charge >= 0.3 is 0 Å². The molecule has 0 saturated carbocycles. The van der Waals surface area contributed by atoms with E-state index >= 15 is 0 Å². The molecule has 1 amide bonds. The molecule has 0 aliphatic carbocycles. The van der Waals surface area contributed by atoms with Crippen LogP contribution in [0.25, 0.3) is 0 Å². The second-order valence-electron chi connectivity index (χ2n) is 4.81. The molecule has 1 aliphatic heterocycles. The lowest BCUT2D eigenvalue weighted by Gasteiger charge is -2.38. The van der Waals surface area contributed by atoms with E-state index in [1.54, 1.807) is 18.2 Å². The van der Waals surface area contributed by atoms with Crippen LogP contribution in [0, 0.1) is 11.3 Å². The van der Waals surface area contributed by atoms with Crippen LogP contribution < -0.4 is 5.73 Å². The molecule has 5 nitrogen and oxygen atoms in total. The van der Waals surface area contributed by atoms with Gasteiger partial charge in [0.1, 0.15) is 6.04 Å². The molecule has 2 atom stereocenters. The molecule has 1 aromatic carbocycles. The van der Waals surface area contributed by atoms with Crippen molar-refractivity contribution in [3.63, 3.8) is 0 Å². The van der Waals surface area contributed by atoms with Gasteiger partial charge in [0.2, 0.25) is 5.91 Å². The SMILES string of the molecule is C[C@H]1OCCN(Cc2ccc(Cl)cc2C#N)[C@@H]1C(N)=O. The minimum Gasteiger partial charge on any atom is -0.375 e. The lowest BCUT2D eigenvalue weighted by atomic mass is 10.0. The van der Waals surface area contributed by atoms with E-state index in [0.29, 0.717) is 30.3 Å². The standard InChI is InChI=1S/C14H16ClN3O2/c1-9-13(14(17)19)18(4-5-20-9)8-10-2-3-12(15)6-11(10)7-16/h2-3,6,9,13H,4-5,8H2,1H3,(H2,17,19)/t9-,13+/m1/s1. The Morgan fingerprint density at radius 2 is 2.40 bits per heavy atom. The van der Waals surface area contributed by atoms with Crippen LogP contribution >= 0.6 is 11.6 Å². The molecular formula is C14H16ClN3O2. The van der Waals surface area contributed by atoms with E-state index in [-0.39, 0.29) is 6.10 Å². The van der Waals surface area contributed by atoms with E-state index in [2.05, 4.69) is 6.07 Å². The summed E-state index contributed by atoms with van der Waals surface area (Å²) in [5.74, 6) is -0.412. The quantitative estimate of drug-likeness (QED) is 0.910. The fourth-order valence-corrected chi connectivity index (χ4v) is 2.65. The molecule has 0 aromatic heterocycles. The van der Waals surface area contributed by atoms with Crippen molar-refractivity contribution in [3.8, 4) is 6.07 Å². The van der Waals surface area contributed by atoms with Crippen LogP contribution in [0.4, 0.5) is 0 Å². The number of carbonyl (C=O) groups excluding carboxylic acids is 1. The van der Waals surface area contributed by atoms with Crippen LogP contribution in [-0.4, -0.2) is 36.1 Å². The molecule has 1 aliphatic rings. The monoisotopic (exact) mass is 293 g/mol. The first kappa shape index (κ1) is 14.8. The number of nitrogens with two attached hydrogens (primary N) is 1. The second kappa shape index (κ2) is 6.23. The van der Waals surface area contributed by atoms with Crippen LogP contribution in [0.15, 0.2) is 18.2 Å². The van der Waals surface area contributed by atoms with Crippen molar-refractivity contribution in [2.24, 2.45) is 5.73 Å². The average Bonchev–Trinajstić information content (AvgIpc) is 2.40. The van der Waals surface area contributed by atoms with Crippen LogP contribution in [0.3, 0.4) is 0 Å². The van der Waals surface area contributed by atoms with Crippen LogP contribution in [-0.2, 0) is 16.1 Å². The number of nitrogens with zero attached hydrogens (tertiary/aromatic N) is 2. The molecule has 0 radical (unpaired) electrons. The number of benzene rings is 1. The molecule has 0 spiro atoms. The number of halogens is 1. The Bertz CT molecular complexity index is 556. The van der Waals surface area contributed by atoms with E-state index in [9.17, 15) is 4.79 Å². The first-order chi connectivity index (χ1) is 9.52. The lowest BCUT2D eigenvalue weighted by molar-refractivity contribution is -0.136. The Labute approximate surface area is 122 Å². The van der Waals surface area contributed by atoms with Gasteiger partial charge in [0.25, 0.3) is 0 Å².